The van der Waals surface area contributed by atoms with Crippen molar-refractivity contribution < 1.29 is 24.9 Å². The van der Waals surface area contributed by atoms with Gasteiger partial charge in [0.15, 0.2) is 17.2 Å². The third-order valence-corrected chi connectivity index (χ3v) is 7.19. The number of nitrogens with zero attached hydrogens (tertiary/aromatic N) is 4. The first-order valence-corrected chi connectivity index (χ1v) is 12.9. The smallest absolute Gasteiger partial charge is 0.335 e. The number of aromatic nitrogens is 4. The van der Waals surface area contributed by atoms with Crippen molar-refractivity contribution in [1.29, 1.82) is 0 Å². The Morgan fingerprint density at radius 3 is 2.23 bits per heavy atom. The van der Waals surface area contributed by atoms with Crippen LogP contribution in [0.25, 0.3) is 29.2 Å². The zero-order valence-electron chi connectivity index (χ0n) is 22.6. The van der Waals surface area contributed by atoms with Gasteiger partial charge in [-0.3, -0.25) is 14.4 Å². The SMILES string of the molecule is Cc1c(/C=C/C=c2/c(C)c3c([nH]c2=O)=NN(c2ccc(C(=O)O)cc2)C3=O)c(O)[nH]c2nn(-c3ccc(O)cc3)c(=O)c1-2. The molecule has 6 rings (SSSR count). The molecule has 5 N–H and O–H groups in total. The number of carboxylic acid groups (broad SMARTS) is 1. The number of hydrogen-bond donors (Lipinski definition) is 5. The van der Waals surface area contributed by atoms with Gasteiger partial charge in [0.05, 0.1) is 28.1 Å². The Morgan fingerprint density at radius 2 is 1.56 bits per heavy atom. The highest BCUT2D eigenvalue weighted by Gasteiger charge is 2.28. The molecule has 4 heterocycles. The maximum absolute atomic E-state index is 13.2. The van der Waals surface area contributed by atoms with Crippen LogP contribution in [0.15, 0.2) is 69.3 Å². The van der Waals surface area contributed by atoms with Gasteiger partial charge in [-0.2, -0.15) is 9.69 Å². The lowest BCUT2D eigenvalue weighted by atomic mass is 10.0. The molecule has 43 heavy (non-hydrogen) atoms. The molecule has 0 saturated carbocycles. The zero-order chi connectivity index (χ0) is 30.6. The number of H-pyrrole nitrogens is 2. The van der Waals surface area contributed by atoms with E-state index in [4.69, 9.17) is 5.11 Å². The van der Waals surface area contributed by atoms with Gasteiger partial charge in [0, 0.05) is 10.8 Å². The molecule has 0 radical (unpaired) electrons. The molecule has 13 heteroatoms. The molecule has 0 atom stereocenters. The van der Waals surface area contributed by atoms with Crippen LogP contribution in [0.3, 0.4) is 0 Å². The van der Waals surface area contributed by atoms with Gasteiger partial charge in [-0.25, -0.2) is 4.79 Å². The number of phenols is 1. The summed E-state index contributed by atoms with van der Waals surface area (Å²) in [5.74, 6) is -1.63. The second kappa shape index (κ2) is 9.99. The lowest BCUT2D eigenvalue weighted by Crippen LogP contribution is -2.38. The van der Waals surface area contributed by atoms with E-state index in [0.717, 1.165) is 9.69 Å². The third kappa shape index (κ3) is 4.44. The number of hydrogen-bond acceptors (Lipinski definition) is 8. The van der Waals surface area contributed by atoms with Crippen LogP contribution in [0.5, 0.6) is 11.6 Å². The third-order valence-electron chi connectivity index (χ3n) is 7.19. The van der Waals surface area contributed by atoms with Crippen LogP contribution in [0.1, 0.15) is 37.4 Å². The minimum atomic E-state index is -1.10. The minimum absolute atomic E-state index is 0.0396. The predicted octanol–water partition coefficient (Wildman–Crippen LogP) is 1.77. The van der Waals surface area contributed by atoms with Crippen molar-refractivity contribution in [1.82, 2.24) is 19.7 Å². The Kier molecular flexibility index (Phi) is 6.26. The quantitative estimate of drug-likeness (QED) is 0.208. The fourth-order valence-corrected chi connectivity index (χ4v) is 4.96. The van der Waals surface area contributed by atoms with E-state index < -0.39 is 23.0 Å². The first-order chi connectivity index (χ1) is 20.5. The number of carbonyl (C=O) groups is 2. The molecule has 3 aliphatic heterocycles. The molecule has 1 amide bonds. The number of nitrogens with one attached hydrogen (secondary N) is 2. The summed E-state index contributed by atoms with van der Waals surface area (Å²) in [5, 5.41) is 39.1. The molecule has 0 aliphatic carbocycles. The number of carboxylic acids is 1. The van der Waals surface area contributed by atoms with Crippen molar-refractivity contribution in [2.75, 3.05) is 5.01 Å². The maximum Gasteiger partial charge on any atom is 0.335 e. The Morgan fingerprint density at radius 1 is 0.884 bits per heavy atom. The number of aromatic hydroxyl groups is 2. The molecular weight excluding hydrogens is 556 g/mol. The van der Waals surface area contributed by atoms with Gasteiger partial charge < -0.3 is 25.3 Å². The summed E-state index contributed by atoms with van der Waals surface area (Å²) >= 11 is 0. The van der Waals surface area contributed by atoms with E-state index in [-0.39, 0.29) is 44.9 Å². The Balaban J connectivity index is 1.36. The van der Waals surface area contributed by atoms with Gasteiger partial charge in [0.2, 0.25) is 0 Å². The summed E-state index contributed by atoms with van der Waals surface area (Å²) in [4.78, 5) is 55.8. The summed E-state index contributed by atoms with van der Waals surface area (Å²) in [6, 6.07) is 11.5. The number of phenolic OH excluding ortho intramolecular Hbond substituents is 1. The first kappa shape index (κ1) is 27.0. The van der Waals surface area contributed by atoms with E-state index in [1.807, 2.05) is 0 Å². The van der Waals surface area contributed by atoms with Crippen molar-refractivity contribution in [3.05, 3.63) is 114 Å². The molecule has 0 unspecified atom stereocenters. The molecule has 13 nitrogen and oxygen atoms in total. The van der Waals surface area contributed by atoms with Gasteiger partial charge in [0.25, 0.3) is 17.0 Å². The summed E-state index contributed by atoms with van der Waals surface area (Å²) in [5.41, 5.74) is 1.53. The van der Waals surface area contributed by atoms with Gasteiger partial charge in [-0.1, -0.05) is 6.08 Å². The number of amides is 1. The average molecular weight is 579 g/mol. The van der Waals surface area contributed by atoms with Crippen LogP contribution in [-0.2, 0) is 0 Å². The van der Waals surface area contributed by atoms with Gasteiger partial charge in [0.1, 0.15) is 5.75 Å². The van der Waals surface area contributed by atoms with E-state index in [1.165, 1.54) is 66.8 Å². The van der Waals surface area contributed by atoms with Crippen molar-refractivity contribution in [2.24, 2.45) is 5.10 Å². The molecule has 3 aliphatic rings. The van der Waals surface area contributed by atoms with Crippen LogP contribution in [0.2, 0.25) is 0 Å². The summed E-state index contributed by atoms with van der Waals surface area (Å²) in [6.45, 7) is 3.27. The Labute approximate surface area is 241 Å². The highest BCUT2D eigenvalue weighted by Crippen LogP contribution is 2.30. The van der Waals surface area contributed by atoms with E-state index in [9.17, 15) is 29.4 Å². The second-order valence-electron chi connectivity index (χ2n) is 9.78. The van der Waals surface area contributed by atoms with Gasteiger partial charge in [-0.05, 0) is 85.7 Å². The monoisotopic (exact) mass is 578 g/mol. The van der Waals surface area contributed by atoms with E-state index >= 15 is 0 Å². The number of benzene rings is 2. The molecule has 0 spiro atoms. The first-order valence-electron chi connectivity index (χ1n) is 12.9. The topological polar surface area (TPSA) is 194 Å². The van der Waals surface area contributed by atoms with Crippen LogP contribution >= 0.6 is 0 Å². The fourth-order valence-electron chi connectivity index (χ4n) is 4.96. The number of fused-ring (bicyclic) bond motifs is 2. The van der Waals surface area contributed by atoms with Crippen LogP contribution in [-0.4, -0.2) is 46.9 Å². The number of anilines is 1. The van der Waals surface area contributed by atoms with Gasteiger partial charge >= 0.3 is 5.97 Å². The fraction of sp³-hybridized carbons (Fsp3) is 0.0667. The number of allylic oxidation sites excluding steroid dienone is 1. The largest absolute Gasteiger partial charge is 0.508 e. The summed E-state index contributed by atoms with van der Waals surface area (Å²) in [7, 11) is 0. The number of aromatic carboxylic acids is 1. The number of aromatic amines is 2. The standard InChI is InChI=1S/C30H22N6O7/c1-14-20(26(38)31-24-22(14)28(40)35(33-24)17-8-6-16(7-9-17)30(42)43)4-3-5-21-15(2)23-25(32-27(21)39)34-36(29(23)41)18-10-12-19(37)13-11-18/h3-13,37H,1-2H3,(H,42,43)(H,31,33,38)(H2,32,34,39)/b5-3+,20-4-. The Bertz CT molecular complexity index is 2210. The highest BCUT2D eigenvalue weighted by molar-refractivity contribution is 6.08. The molecule has 0 bridgehead atoms. The van der Waals surface area contributed by atoms with Crippen molar-refractivity contribution in [3.63, 3.8) is 0 Å². The van der Waals surface area contributed by atoms with Crippen LogP contribution in [0.4, 0.5) is 5.69 Å². The number of rotatable bonds is 5. The minimum Gasteiger partial charge on any atom is -0.508 e. The lowest BCUT2D eigenvalue weighted by molar-refractivity contribution is 0.0696. The highest BCUT2D eigenvalue weighted by atomic mass is 16.4. The average Bonchev–Trinajstić information content (AvgIpc) is 3.48. The molecule has 214 valence electrons. The molecule has 0 fully saturated rings. The van der Waals surface area contributed by atoms with Gasteiger partial charge in [-0.15, -0.1) is 10.2 Å². The number of pyridine rings is 2. The van der Waals surface area contributed by atoms with Crippen LogP contribution < -0.4 is 26.8 Å². The van der Waals surface area contributed by atoms with Crippen LogP contribution in [0, 0.1) is 13.8 Å². The molecule has 0 saturated heterocycles. The molecule has 1 aromatic heterocycles. The van der Waals surface area contributed by atoms with Crippen molar-refractivity contribution in [3.8, 4) is 28.7 Å². The van der Waals surface area contributed by atoms with Crippen molar-refractivity contribution >= 4 is 29.7 Å². The number of carbonyl (C=O) groups excluding carboxylic acids is 1. The summed E-state index contributed by atoms with van der Waals surface area (Å²) < 4.78 is 1.16. The van der Waals surface area contributed by atoms with E-state index in [1.54, 1.807) is 13.8 Å². The van der Waals surface area contributed by atoms with Crippen molar-refractivity contribution in [2.45, 2.75) is 13.8 Å². The summed E-state index contributed by atoms with van der Waals surface area (Å²) in [6.07, 6.45) is 4.51. The molecule has 3 aromatic rings. The Hall–Kier alpha value is -6.24. The maximum atomic E-state index is 13.2. The normalized spacial score (nSPS) is 13.2. The van der Waals surface area contributed by atoms with E-state index in [0.29, 0.717) is 28.1 Å². The lowest BCUT2D eigenvalue weighted by Gasteiger charge is -2.12. The predicted molar refractivity (Wildman–Crippen MR) is 155 cm³/mol. The second-order valence-corrected chi connectivity index (χ2v) is 9.78. The van der Waals surface area contributed by atoms with E-state index in [2.05, 4.69) is 20.2 Å². The molecular formula is C30H22N6O7. The zero-order valence-corrected chi connectivity index (χ0v) is 22.6. The molecule has 2 aromatic carbocycles.